The van der Waals surface area contributed by atoms with Crippen LogP contribution in [0.2, 0.25) is 0 Å². The Hall–Kier alpha value is -6.77. The SMILES string of the molecule is Cc1cc(=O)n(CCNc2nc(NCCn3c(O)c(N=Nc4cc(COO)cc(COO)c4)c(C)cc3=O)[nH]c(=O)n2)c(O)c1N=Nc1cc(COO)cc(COO)c1. The van der Waals surface area contributed by atoms with E-state index in [-0.39, 0.29) is 87.3 Å². The van der Waals surface area contributed by atoms with Gasteiger partial charge in [-0.05, 0) is 71.5 Å². The van der Waals surface area contributed by atoms with Crippen LogP contribution in [0, 0.1) is 13.8 Å². The molecule has 3 aromatic heterocycles. The molecule has 3 heterocycles. The predicted molar refractivity (Wildman–Crippen MR) is 205 cm³/mol. The number of anilines is 2. The van der Waals surface area contributed by atoms with Crippen molar-refractivity contribution in [1.82, 2.24) is 24.1 Å². The van der Waals surface area contributed by atoms with Gasteiger partial charge in [-0.1, -0.05) is 12.1 Å². The highest BCUT2D eigenvalue weighted by Gasteiger charge is 2.15. The summed E-state index contributed by atoms with van der Waals surface area (Å²) >= 11 is 0. The summed E-state index contributed by atoms with van der Waals surface area (Å²) in [5.41, 5.74) is 1.26. The molecule has 0 unspecified atom stereocenters. The molecule has 0 saturated heterocycles. The smallest absolute Gasteiger partial charge is 0.350 e. The first-order chi connectivity index (χ1) is 28.4. The minimum absolute atomic E-state index is 0.00728. The molecule has 24 nitrogen and oxygen atoms in total. The second-order valence-corrected chi connectivity index (χ2v) is 12.7. The molecule has 0 fully saturated rings. The van der Waals surface area contributed by atoms with Gasteiger partial charge in [0.2, 0.25) is 23.7 Å². The number of pyridine rings is 2. The van der Waals surface area contributed by atoms with Crippen molar-refractivity contribution >= 4 is 34.6 Å². The minimum Gasteiger partial charge on any atom is -0.493 e. The van der Waals surface area contributed by atoms with Gasteiger partial charge in [-0.15, -0.1) is 10.2 Å². The summed E-state index contributed by atoms with van der Waals surface area (Å²) in [5, 5.41) is 79.6. The molecular formula is C35H39N11O13. The third-order valence-corrected chi connectivity index (χ3v) is 8.32. The molecule has 0 spiro atoms. The average molecular weight is 822 g/mol. The summed E-state index contributed by atoms with van der Waals surface area (Å²) < 4.78 is 2.05. The number of H-pyrrole nitrogens is 1. The van der Waals surface area contributed by atoms with Crippen molar-refractivity contribution in [3.63, 3.8) is 0 Å². The molecule has 0 atom stereocenters. The second-order valence-electron chi connectivity index (χ2n) is 12.7. The molecule has 9 N–H and O–H groups in total. The fourth-order valence-corrected chi connectivity index (χ4v) is 5.72. The maximum absolute atomic E-state index is 12.8. The third kappa shape index (κ3) is 11.7. The number of aromatic amines is 1. The highest BCUT2D eigenvalue weighted by Crippen LogP contribution is 2.32. The van der Waals surface area contributed by atoms with Crippen LogP contribution in [0.5, 0.6) is 11.8 Å². The van der Waals surface area contributed by atoms with Gasteiger partial charge in [0.05, 0.1) is 11.4 Å². The first-order valence-corrected chi connectivity index (χ1v) is 17.4. The van der Waals surface area contributed by atoms with Gasteiger partial charge >= 0.3 is 5.69 Å². The Morgan fingerprint density at radius 1 is 0.593 bits per heavy atom. The van der Waals surface area contributed by atoms with Crippen molar-refractivity contribution < 1.29 is 50.8 Å². The molecule has 5 aromatic rings. The van der Waals surface area contributed by atoms with E-state index in [1.54, 1.807) is 50.2 Å². The molecule has 0 aliphatic heterocycles. The van der Waals surface area contributed by atoms with Crippen LogP contribution in [0.1, 0.15) is 33.4 Å². The number of hydrogen-bond acceptors (Lipinski definition) is 21. The summed E-state index contributed by atoms with van der Waals surface area (Å²) in [6.07, 6.45) is 0. The van der Waals surface area contributed by atoms with Gasteiger partial charge in [0.25, 0.3) is 11.1 Å². The summed E-state index contributed by atoms with van der Waals surface area (Å²) in [7, 11) is 0. The molecule has 312 valence electrons. The first kappa shape index (κ1) is 43.4. The zero-order valence-electron chi connectivity index (χ0n) is 31.4. The fourth-order valence-electron chi connectivity index (χ4n) is 5.72. The van der Waals surface area contributed by atoms with Gasteiger partial charge in [0.1, 0.15) is 37.8 Å². The van der Waals surface area contributed by atoms with E-state index >= 15 is 0 Å². The number of aryl methyl sites for hydroxylation is 2. The van der Waals surface area contributed by atoms with Crippen LogP contribution >= 0.6 is 0 Å². The topological polar surface area (TPSA) is 334 Å². The summed E-state index contributed by atoms with van der Waals surface area (Å²) in [4.78, 5) is 65.1. The Balaban J connectivity index is 1.25. The normalized spacial score (nSPS) is 11.6. The van der Waals surface area contributed by atoms with Gasteiger partial charge in [0.15, 0.2) is 0 Å². The quantitative estimate of drug-likeness (QED) is 0.0296. The highest BCUT2D eigenvalue weighted by atomic mass is 17.1. The molecule has 2 aromatic carbocycles. The zero-order valence-corrected chi connectivity index (χ0v) is 31.4. The van der Waals surface area contributed by atoms with Crippen molar-refractivity contribution in [3.8, 4) is 11.8 Å². The lowest BCUT2D eigenvalue weighted by Gasteiger charge is -2.13. The van der Waals surface area contributed by atoms with Crippen LogP contribution in [0.3, 0.4) is 0 Å². The van der Waals surface area contributed by atoms with Gasteiger partial charge in [-0.2, -0.15) is 20.2 Å². The van der Waals surface area contributed by atoms with E-state index in [1.165, 1.54) is 12.1 Å². The molecule has 0 aliphatic rings. The van der Waals surface area contributed by atoms with E-state index in [2.05, 4.69) is 65.6 Å². The number of aromatic hydroxyl groups is 2. The molecule has 0 radical (unpaired) electrons. The number of nitrogens with one attached hydrogen (secondary N) is 3. The summed E-state index contributed by atoms with van der Waals surface area (Å²) in [6.45, 7) is 2.11. The van der Waals surface area contributed by atoms with Crippen molar-refractivity contribution in [1.29, 1.82) is 0 Å². The minimum atomic E-state index is -0.784. The number of aromatic nitrogens is 5. The molecular weight excluding hydrogens is 782 g/mol. The van der Waals surface area contributed by atoms with Gasteiger partial charge in [0, 0.05) is 38.3 Å². The van der Waals surface area contributed by atoms with Crippen LogP contribution in [-0.2, 0) is 59.1 Å². The summed E-state index contributed by atoms with van der Waals surface area (Å²) in [5.74, 6) is -1.15. The second kappa shape index (κ2) is 20.6. The maximum Gasteiger partial charge on any atom is 0.350 e. The standard InChI is InChI=1S/C35H39N11O13/c1-19-7-27(47)45(31(49)29(19)43-41-25-11-21(15-56-52)9-22(12-25)16-57-53)5-3-36-33-38-34(40-35(51)39-33)37-4-6-46-28(48)8-20(2)30(32(46)50)44-42-26-13-23(17-58-54)10-24(14-26)18-59-55/h7-14,49-50,52-55H,3-6,15-18H2,1-2H3,(H3,36,37,38,39,40,51). The lowest BCUT2D eigenvalue weighted by molar-refractivity contribution is -0.254. The van der Waals surface area contributed by atoms with Gasteiger partial charge in [-0.25, -0.2) is 24.3 Å². The maximum atomic E-state index is 12.8. The molecule has 0 saturated carbocycles. The fraction of sp³-hybridized carbons (Fsp3) is 0.286. The van der Waals surface area contributed by atoms with Crippen LogP contribution in [0.25, 0.3) is 0 Å². The highest BCUT2D eigenvalue weighted by molar-refractivity contribution is 5.55. The Kier molecular flexibility index (Phi) is 15.1. The van der Waals surface area contributed by atoms with E-state index in [0.717, 1.165) is 9.13 Å². The predicted octanol–water partition coefficient (Wildman–Crippen LogP) is 4.53. The van der Waals surface area contributed by atoms with Crippen molar-refractivity contribution in [3.05, 3.63) is 113 Å². The number of benzene rings is 2. The van der Waals surface area contributed by atoms with Crippen LogP contribution in [0.4, 0.5) is 34.6 Å². The van der Waals surface area contributed by atoms with Crippen LogP contribution in [-0.4, -0.2) is 68.4 Å². The van der Waals surface area contributed by atoms with E-state index in [9.17, 15) is 24.6 Å². The number of rotatable bonds is 20. The number of azo groups is 2. The average Bonchev–Trinajstić information content (AvgIpc) is 3.17. The van der Waals surface area contributed by atoms with Crippen LogP contribution < -0.4 is 27.4 Å². The monoisotopic (exact) mass is 821 g/mol. The number of hydrogen-bond donors (Lipinski definition) is 9. The van der Waals surface area contributed by atoms with Crippen molar-refractivity contribution in [2.75, 3.05) is 23.7 Å². The molecule has 0 aliphatic carbocycles. The Labute approximate surface area is 331 Å². The Morgan fingerprint density at radius 2 is 1.00 bits per heavy atom. The summed E-state index contributed by atoms with van der Waals surface area (Å²) in [6, 6.07) is 11.9. The largest absolute Gasteiger partial charge is 0.493 e. The van der Waals surface area contributed by atoms with Crippen LogP contribution in [0.15, 0.2) is 83.4 Å². The van der Waals surface area contributed by atoms with Crippen molar-refractivity contribution in [2.24, 2.45) is 20.5 Å². The third-order valence-electron chi connectivity index (χ3n) is 8.32. The molecule has 24 heteroatoms. The van der Waals surface area contributed by atoms with E-state index in [1.807, 2.05) is 0 Å². The lowest BCUT2D eigenvalue weighted by atomic mass is 10.1. The molecule has 59 heavy (non-hydrogen) atoms. The van der Waals surface area contributed by atoms with Crippen molar-refractivity contribution in [2.45, 2.75) is 53.4 Å². The molecule has 5 rings (SSSR count). The Bertz CT molecular complexity index is 2290. The van der Waals surface area contributed by atoms with E-state index in [4.69, 9.17) is 21.0 Å². The Morgan fingerprint density at radius 3 is 1.41 bits per heavy atom. The first-order valence-electron chi connectivity index (χ1n) is 17.4. The number of nitrogens with zero attached hydrogens (tertiary/aromatic N) is 8. The molecule has 0 bridgehead atoms. The van der Waals surface area contributed by atoms with Gasteiger partial charge < -0.3 is 20.8 Å². The molecule has 0 amide bonds. The van der Waals surface area contributed by atoms with Gasteiger partial charge in [-0.3, -0.25) is 44.7 Å². The van der Waals surface area contributed by atoms with E-state index in [0.29, 0.717) is 33.4 Å². The van der Waals surface area contributed by atoms with E-state index < -0.39 is 28.6 Å². The lowest BCUT2D eigenvalue weighted by Crippen LogP contribution is -2.26. The zero-order chi connectivity index (χ0) is 42.5.